The van der Waals surface area contributed by atoms with Crippen LogP contribution >= 0.6 is 0 Å². The van der Waals surface area contributed by atoms with Crippen molar-refractivity contribution in [3.8, 4) is 0 Å². The summed E-state index contributed by atoms with van der Waals surface area (Å²) in [5, 5.41) is 0. The lowest BCUT2D eigenvalue weighted by Crippen LogP contribution is -1.84. The van der Waals surface area contributed by atoms with Gasteiger partial charge in [-0.2, -0.15) is 0 Å². The van der Waals surface area contributed by atoms with Gasteiger partial charge in [0.25, 0.3) is 0 Å². The zero-order valence-corrected chi connectivity index (χ0v) is 37.9. The van der Waals surface area contributed by atoms with Crippen LogP contribution in [-0.2, 0) is 0 Å². The second kappa shape index (κ2) is 55.3. The third-order valence-corrected chi connectivity index (χ3v) is 11.9. The lowest BCUT2D eigenvalue weighted by molar-refractivity contribution is 0.517. The molecule has 0 saturated carbocycles. The van der Waals surface area contributed by atoms with Crippen LogP contribution in [0.1, 0.15) is 336 Å². The fourth-order valence-corrected chi connectivity index (χ4v) is 8.07. The number of rotatable bonds is 46. The smallest absolute Gasteiger partial charge is 0.0533 e. The van der Waals surface area contributed by atoms with Crippen LogP contribution in [-0.4, -0.2) is 0 Å². The van der Waals surface area contributed by atoms with Gasteiger partial charge in [-0.3, -0.25) is 0 Å². The van der Waals surface area contributed by atoms with E-state index in [4.69, 9.17) is 0 Å². The highest BCUT2D eigenvalue weighted by atomic mass is 14.0. The van der Waals surface area contributed by atoms with E-state index >= 15 is 0 Å². The Balaban J connectivity index is 0. The van der Waals surface area contributed by atoms with Gasteiger partial charge in [0.05, 0.1) is 0 Å². The molecule has 0 N–H and O–H groups in total. The fraction of sp³-hybridized carbons (Fsp3) is 1.00. The van der Waals surface area contributed by atoms with Crippen molar-refractivity contribution in [1.82, 2.24) is 0 Å². The fourth-order valence-electron chi connectivity index (χ4n) is 8.07. The normalized spacial score (nSPS) is 11.3. The molecule has 0 saturated heterocycles. The maximum absolute atomic E-state index is 2.30. The zero-order valence-electron chi connectivity index (χ0n) is 37.9. The maximum Gasteiger partial charge on any atom is -0.0533 e. The van der Waals surface area contributed by atoms with Gasteiger partial charge in [0, 0.05) is 0 Å². The molecular weight excluding hydrogens is 625 g/mol. The second-order valence-corrected chi connectivity index (χ2v) is 17.6. The molecule has 0 rings (SSSR count). The van der Waals surface area contributed by atoms with Crippen LogP contribution in [0.15, 0.2) is 0 Å². The molecule has 0 heteroatoms. The van der Waals surface area contributed by atoms with Crippen molar-refractivity contribution in [3.63, 3.8) is 0 Å². The average molecular weight is 733 g/mol. The minimum atomic E-state index is 1.37. The van der Waals surface area contributed by atoms with Crippen LogP contribution < -0.4 is 0 Å². The maximum atomic E-state index is 2.30. The van der Waals surface area contributed by atoms with Crippen LogP contribution in [0.25, 0.3) is 0 Å². The van der Waals surface area contributed by atoms with Gasteiger partial charge in [-0.25, -0.2) is 0 Å². The van der Waals surface area contributed by atoms with Crippen molar-refractivity contribution in [2.24, 2.45) is 0 Å². The monoisotopic (exact) mass is 733 g/mol. The topological polar surface area (TPSA) is 0 Å². The van der Waals surface area contributed by atoms with Gasteiger partial charge in [-0.15, -0.1) is 0 Å². The summed E-state index contributed by atoms with van der Waals surface area (Å²) in [5.41, 5.74) is 0. The molecule has 0 aliphatic rings. The highest BCUT2D eigenvalue weighted by molar-refractivity contribution is 4.53. The molecule has 0 fully saturated rings. The van der Waals surface area contributed by atoms with Gasteiger partial charge in [0.2, 0.25) is 0 Å². The van der Waals surface area contributed by atoms with Gasteiger partial charge >= 0.3 is 0 Å². The van der Waals surface area contributed by atoms with Crippen LogP contribution in [0, 0.1) is 0 Å². The predicted molar refractivity (Wildman–Crippen MR) is 244 cm³/mol. The first-order chi connectivity index (χ1) is 25.8. The lowest BCUT2D eigenvalue weighted by Gasteiger charge is -2.04. The summed E-state index contributed by atoms with van der Waals surface area (Å²) in [7, 11) is 0. The first-order valence-corrected chi connectivity index (χ1v) is 25.8. The van der Waals surface area contributed by atoms with Crippen LogP contribution in [0.2, 0.25) is 0 Å². The Kier molecular flexibility index (Phi) is 57.6. The molecular formula is C52H108. The molecule has 0 atom stereocenters. The molecule has 0 heterocycles. The summed E-state index contributed by atoms with van der Waals surface area (Å²) in [4.78, 5) is 0. The van der Waals surface area contributed by atoms with E-state index in [9.17, 15) is 0 Å². The quantitative estimate of drug-likeness (QED) is 0.0547. The van der Waals surface area contributed by atoms with E-state index < -0.39 is 0 Å². The molecule has 52 heavy (non-hydrogen) atoms. The Bertz CT molecular complexity index is 490. The van der Waals surface area contributed by atoms with E-state index in [2.05, 4.69) is 27.7 Å². The molecule has 0 amide bonds. The molecule has 0 radical (unpaired) electrons. The predicted octanol–water partition coefficient (Wildman–Crippen LogP) is 20.8. The molecule has 0 aromatic heterocycles. The van der Waals surface area contributed by atoms with Crippen molar-refractivity contribution < 1.29 is 0 Å². The summed E-state index contributed by atoms with van der Waals surface area (Å²) < 4.78 is 0. The van der Waals surface area contributed by atoms with Crippen molar-refractivity contribution in [2.45, 2.75) is 336 Å². The molecule has 0 spiro atoms. The third-order valence-electron chi connectivity index (χ3n) is 11.9. The first-order valence-electron chi connectivity index (χ1n) is 25.8. The Morgan fingerprint density at radius 2 is 0.154 bits per heavy atom. The third kappa shape index (κ3) is 56.7. The van der Waals surface area contributed by atoms with Gasteiger partial charge in [0.15, 0.2) is 0 Å². The summed E-state index contributed by atoms with van der Waals surface area (Å²) in [6.45, 7) is 9.21. The minimum absolute atomic E-state index is 1.37. The first kappa shape index (κ1) is 54.1. The molecule has 0 unspecified atom stereocenters. The molecule has 0 aliphatic heterocycles. The van der Waals surface area contributed by atoms with Crippen LogP contribution in [0.4, 0.5) is 0 Å². The Morgan fingerprint density at radius 3 is 0.212 bits per heavy atom. The highest BCUT2D eigenvalue weighted by Gasteiger charge is 1.98. The molecule has 0 aromatic carbocycles. The Hall–Kier alpha value is 0. The van der Waals surface area contributed by atoms with E-state index in [0.29, 0.717) is 0 Å². The summed E-state index contributed by atoms with van der Waals surface area (Å²) in [6, 6.07) is 0. The van der Waals surface area contributed by atoms with E-state index in [0.717, 1.165) is 0 Å². The van der Waals surface area contributed by atoms with Crippen molar-refractivity contribution >= 4 is 0 Å². The zero-order chi connectivity index (χ0) is 37.9. The minimum Gasteiger partial charge on any atom is -0.0654 e. The van der Waals surface area contributed by atoms with Crippen molar-refractivity contribution in [2.75, 3.05) is 0 Å². The largest absolute Gasteiger partial charge is 0.0654 e. The Morgan fingerprint density at radius 1 is 0.0962 bits per heavy atom. The second-order valence-electron chi connectivity index (χ2n) is 17.6. The van der Waals surface area contributed by atoms with Gasteiger partial charge in [-0.05, 0) is 0 Å². The number of hydrogen-bond donors (Lipinski definition) is 0. The van der Waals surface area contributed by atoms with Crippen molar-refractivity contribution in [1.29, 1.82) is 0 Å². The Labute approximate surface area is 334 Å². The van der Waals surface area contributed by atoms with E-state index in [1.807, 2.05) is 0 Å². The van der Waals surface area contributed by atoms with Crippen LogP contribution in [0.3, 0.4) is 0 Å². The summed E-state index contributed by atoms with van der Waals surface area (Å²) in [6.07, 6.45) is 70.8. The molecule has 0 bridgehead atoms. The molecule has 0 nitrogen and oxygen atoms in total. The van der Waals surface area contributed by atoms with E-state index in [-0.39, 0.29) is 0 Å². The van der Waals surface area contributed by atoms with E-state index in [1.54, 1.807) is 0 Å². The average Bonchev–Trinajstić information content (AvgIpc) is 3.16. The number of hydrogen-bond acceptors (Lipinski definition) is 0. The summed E-state index contributed by atoms with van der Waals surface area (Å²) in [5.74, 6) is 0. The van der Waals surface area contributed by atoms with Crippen LogP contribution in [0.5, 0.6) is 0 Å². The molecule has 316 valence electrons. The van der Waals surface area contributed by atoms with E-state index in [1.165, 1.54) is 308 Å². The SMILES string of the molecule is CCCCCCCCCCCCCCCCCCCCCCCCC.CCCCCCCCCCCCCCCCCCCCCCCCCCC. The van der Waals surface area contributed by atoms with Crippen molar-refractivity contribution in [3.05, 3.63) is 0 Å². The molecule has 0 aromatic rings. The molecule has 0 aliphatic carbocycles. The standard InChI is InChI=1S/C27H56.C25H52/c1-3-5-7-9-11-13-15-17-19-21-23-25-27-26-24-22-20-18-16-14-12-10-8-6-4-2;1-3-5-7-9-11-13-15-17-19-21-23-25-24-22-20-18-16-14-12-10-8-6-4-2/h3-27H2,1-2H3;3-25H2,1-2H3. The lowest BCUT2D eigenvalue weighted by atomic mass is 10.0. The number of unbranched alkanes of at least 4 members (excludes halogenated alkanes) is 46. The van der Waals surface area contributed by atoms with Gasteiger partial charge < -0.3 is 0 Å². The summed E-state index contributed by atoms with van der Waals surface area (Å²) >= 11 is 0. The van der Waals surface area contributed by atoms with Gasteiger partial charge in [0.1, 0.15) is 0 Å². The highest BCUT2D eigenvalue weighted by Crippen LogP contribution is 2.17. The van der Waals surface area contributed by atoms with Gasteiger partial charge in [-0.1, -0.05) is 336 Å².